The second-order valence-corrected chi connectivity index (χ2v) is 7.35. The maximum atomic E-state index is 6.45. The summed E-state index contributed by atoms with van der Waals surface area (Å²) in [6.45, 7) is 7.75. The van der Waals surface area contributed by atoms with Crippen molar-refractivity contribution < 1.29 is 4.74 Å². The van der Waals surface area contributed by atoms with E-state index in [1.807, 2.05) is 19.2 Å². The molecule has 2 nitrogen and oxygen atoms in total. The van der Waals surface area contributed by atoms with E-state index >= 15 is 0 Å². The fraction of sp³-hybridized carbons (Fsp3) is 0.667. The summed E-state index contributed by atoms with van der Waals surface area (Å²) in [6.07, 6.45) is 4.51. The van der Waals surface area contributed by atoms with Crippen LogP contribution in [-0.2, 0) is 4.74 Å². The maximum Gasteiger partial charge on any atom is 0.0873 e. The summed E-state index contributed by atoms with van der Waals surface area (Å²) in [6, 6.07) is 8.28. The van der Waals surface area contributed by atoms with E-state index in [1.165, 1.54) is 12.8 Å². The van der Waals surface area contributed by atoms with Gasteiger partial charge in [-0.2, -0.15) is 0 Å². The quantitative estimate of drug-likeness (QED) is 0.828. The number of halogens is 1. The van der Waals surface area contributed by atoms with Gasteiger partial charge in [0.05, 0.1) is 11.6 Å². The molecule has 21 heavy (non-hydrogen) atoms. The minimum Gasteiger partial charge on any atom is -0.376 e. The van der Waals surface area contributed by atoms with Gasteiger partial charge in [-0.05, 0) is 49.3 Å². The van der Waals surface area contributed by atoms with Gasteiger partial charge in [0.25, 0.3) is 0 Å². The Balaban J connectivity index is 2.34. The van der Waals surface area contributed by atoms with Crippen molar-refractivity contribution in [1.29, 1.82) is 0 Å². The summed E-state index contributed by atoms with van der Waals surface area (Å²) in [4.78, 5) is 0. The molecule has 1 unspecified atom stereocenters. The van der Waals surface area contributed by atoms with Gasteiger partial charge < -0.3 is 10.1 Å². The van der Waals surface area contributed by atoms with E-state index < -0.39 is 0 Å². The lowest BCUT2D eigenvalue weighted by molar-refractivity contribution is -0.0873. The molecule has 0 aromatic heterocycles. The molecule has 1 atom stereocenters. The van der Waals surface area contributed by atoms with Crippen LogP contribution in [0.15, 0.2) is 24.3 Å². The average molecular weight is 310 g/mol. The van der Waals surface area contributed by atoms with Crippen LogP contribution in [0.1, 0.15) is 58.1 Å². The fourth-order valence-corrected chi connectivity index (χ4v) is 3.70. The molecule has 2 rings (SSSR count). The molecule has 1 N–H and O–H groups in total. The number of likely N-dealkylation sites (N-methyl/N-ethyl adjacent to an activating group) is 1. The monoisotopic (exact) mass is 309 g/mol. The van der Waals surface area contributed by atoms with Gasteiger partial charge in [0.1, 0.15) is 0 Å². The highest BCUT2D eigenvalue weighted by Crippen LogP contribution is 2.48. The van der Waals surface area contributed by atoms with Crippen molar-refractivity contribution >= 4 is 11.6 Å². The van der Waals surface area contributed by atoms with Crippen molar-refractivity contribution in [2.75, 3.05) is 13.7 Å². The molecule has 0 spiro atoms. The van der Waals surface area contributed by atoms with Gasteiger partial charge in [0.15, 0.2) is 0 Å². The molecule has 0 aliphatic heterocycles. The van der Waals surface area contributed by atoms with Crippen LogP contribution in [0, 0.1) is 5.41 Å². The predicted molar refractivity (Wildman–Crippen MR) is 89.9 cm³/mol. The van der Waals surface area contributed by atoms with Gasteiger partial charge in [0, 0.05) is 12.1 Å². The minimum atomic E-state index is -0.156. The molecule has 0 radical (unpaired) electrons. The molecule has 0 heterocycles. The fourth-order valence-electron chi connectivity index (χ4n) is 3.45. The molecule has 1 aliphatic rings. The molecule has 1 aliphatic carbocycles. The summed E-state index contributed by atoms with van der Waals surface area (Å²) < 4.78 is 6.08. The molecule has 118 valence electrons. The lowest BCUT2D eigenvalue weighted by atomic mass is 9.67. The summed E-state index contributed by atoms with van der Waals surface area (Å²) >= 11 is 6.45. The Labute approximate surface area is 134 Å². The number of nitrogens with one attached hydrogen (secondary N) is 1. The van der Waals surface area contributed by atoms with Crippen molar-refractivity contribution in [2.45, 2.75) is 58.1 Å². The summed E-state index contributed by atoms with van der Waals surface area (Å²) in [5, 5.41) is 4.44. The maximum absolute atomic E-state index is 6.45. The van der Waals surface area contributed by atoms with E-state index in [4.69, 9.17) is 16.3 Å². The second-order valence-electron chi connectivity index (χ2n) is 6.95. The van der Waals surface area contributed by atoms with Crippen LogP contribution in [0.5, 0.6) is 0 Å². The highest BCUT2D eigenvalue weighted by atomic mass is 35.5. The van der Waals surface area contributed by atoms with Crippen molar-refractivity contribution in [1.82, 2.24) is 5.32 Å². The third kappa shape index (κ3) is 3.61. The van der Waals surface area contributed by atoms with Crippen LogP contribution in [0.25, 0.3) is 0 Å². The molecule has 1 fully saturated rings. The average Bonchev–Trinajstić information content (AvgIpc) is 2.47. The first-order valence-corrected chi connectivity index (χ1v) is 8.35. The smallest absolute Gasteiger partial charge is 0.0873 e. The van der Waals surface area contributed by atoms with E-state index in [-0.39, 0.29) is 11.6 Å². The Morgan fingerprint density at radius 2 is 1.81 bits per heavy atom. The van der Waals surface area contributed by atoms with E-state index in [2.05, 4.69) is 38.2 Å². The van der Waals surface area contributed by atoms with Crippen molar-refractivity contribution in [3.05, 3.63) is 34.9 Å². The van der Waals surface area contributed by atoms with Crippen molar-refractivity contribution in [3.8, 4) is 0 Å². The third-order valence-corrected chi connectivity index (χ3v) is 5.35. The molecule has 0 bridgehead atoms. The summed E-state index contributed by atoms with van der Waals surface area (Å²) in [7, 11) is 1.85. The zero-order chi connectivity index (χ0) is 15.5. The first-order chi connectivity index (χ1) is 9.94. The van der Waals surface area contributed by atoms with Crippen molar-refractivity contribution in [3.63, 3.8) is 0 Å². The molecule has 1 aromatic carbocycles. The van der Waals surface area contributed by atoms with Gasteiger partial charge >= 0.3 is 0 Å². The van der Waals surface area contributed by atoms with Crippen LogP contribution in [0.4, 0.5) is 0 Å². The minimum absolute atomic E-state index is 0.150. The van der Waals surface area contributed by atoms with E-state index in [0.717, 1.165) is 30.0 Å². The lowest BCUT2D eigenvalue weighted by Gasteiger charge is -2.47. The van der Waals surface area contributed by atoms with Crippen molar-refractivity contribution in [2.24, 2.45) is 5.41 Å². The standard InChI is InChI=1S/C18H28ClNO/c1-5-20-16(14-8-6-7-9-15(14)19)18(21-4)12-10-17(2,3)11-13-18/h6-9,16,20H,5,10-13H2,1-4H3. The van der Waals surface area contributed by atoms with Gasteiger partial charge in [-0.15, -0.1) is 0 Å². The van der Waals surface area contributed by atoms with Crippen LogP contribution < -0.4 is 5.32 Å². The second kappa shape index (κ2) is 6.68. The van der Waals surface area contributed by atoms with E-state index in [1.54, 1.807) is 0 Å². The number of hydrogen-bond acceptors (Lipinski definition) is 2. The highest BCUT2D eigenvalue weighted by molar-refractivity contribution is 6.31. The molecule has 1 aromatic rings. The van der Waals surface area contributed by atoms with Crippen LogP contribution in [0.2, 0.25) is 5.02 Å². The molecular formula is C18H28ClNO. The largest absolute Gasteiger partial charge is 0.376 e. The molecule has 3 heteroatoms. The molecule has 1 saturated carbocycles. The zero-order valence-corrected chi connectivity index (χ0v) is 14.5. The number of ether oxygens (including phenoxy) is 1. The first kappa shape index (κ1) is 16.8. The molecule has 0 amide bonds. The number of benzene rings is 1. The third-order valence-electron chi connectivity index (χ3n) is 5.01. The Hall–Kier alpha value is -0.570. The van der Waals surface area contributed by atoms with Crippen LogP contribution >= 0.6 is 11.6 Å². The Bertz CT molecular complexity index is 462. The molecule has 0 saturated heterocycles. The van der Waals surface area contributed by atoms with Gasteiger partial charge in [0.2, 0.25) is 0 Å². The SMILES string of the molecule is CCNC(c1ccccc1Cl)C1(OC)CCC(C)(C)CC1. The first-order valence-electron chi connectivity index (χ1n) is 7.97. The number of hydrogen-bond donors (Lipinski definition) is 1. The van der Waals surface area contributed by atoms with E-state index in [0.29, 0.717) is 5.41 Å². The van der Waals surface area contributed by atoms with Gasteiger partial charge in [-0.1, -0.05) is 50.6 Å². The van der Waals surface area contributed by atoms with Gasteiger partial charge in [-0.25, -0.2) is 0 Å². The number of methoxy groups -OCH3 is 1. The Kier molecular flexibility index (Phi) is 5.34. The topological polar surface area (TPSA) is 21.3 Å². The Morgan fingerprint density at radius 3 is 2.33 bits per heavy atom. The van der Waals surface area contributed by atoms with Crippen LogP contribution in [-0.4, -0.2) is 19.3 Å². The lowest BCUT2D eigenvalue weighted by Crippen LogP contribution is -2.49. The predicted octanol–water partition coefficient (Wildman–Crippen LogP) is 4.98. The van der Waals surface area contributed by atoms with E-state index in [9.17, 15) is 0 Å². The number of rotatable bonds is 5. The summed E-state index contributed by atoms with van der Waals surface area (Å²) in [5.41, 5.74) is 1.41. The summed E-state index contributed by atoms with van der Waals surface area (Å²) in [5.74, 6) is 0. The van der Waals surface area contributed by atoms with Crippen LogP contribution in [0.3, 0.4) is 0 Å². The zero-order valence-electron chi connectivity index (χ0n) is 13.7. The normalized spacial score (nSPS) is 22.0. The highest BCUT2D eigenvalue weighted by Gasteiger charge is 2.45. The van der Waals surface area contributed by atoms with Gasteiger partial charge in [-0.3, -0.25) is 0 Å². The molecular weight excluding hydrogens is 282 g/mol. The Morgan fingerprint density at radius 1 is 1.19 bits per heavy atom.